The lowest BCUT2D eigenvalue weighted by Gasteiger charge is -2.34. The highest BCUT2D eigenvalue weighted by atomic mass is 16.5. The lowest BCUT2D eigenvalue weighted by Crippen LogP contribution is -2.53. The highest BCUT2D eigenvalue weighted by Crippen LogP contribution is 2.20. The number of carbonyl (C=O) groups excluding carboxylic acids is 3. The van der Waals surface area contributed by atoms with Crippen LogP contribution in [0.5, 0.6) is 0 Å². The summed E-state index contributed by atoms with van der Waals surface area (Å²) in [5.41, 5.74) is 2.57. The highest BCUT2D eigenvalue weighted by molar-refractivity contribution is 5.94. The number of rotatable bonds is 7. The number of nitrogens with zero attached hydrogens (tertiary/aromatic N) is 1. The molecule has 0 aromatic heterocycles. The first-order valence-electron chi connectivity index (χ1n) is 11.1. The Morgan fingerprint density at radius 1 is 1.09 bits per heavy atom. The summed E-state index contributed by atoms with van der Waals surface area (Å²) in [7, 11) is 0. The molecule has 0 spiro atoms. The first-order chi connectivity index (χ1) is 15.5. The normalized spacial score (nSPS) is 16.7. The smallest absolute Gasteiger partial charge is 0.319 e. The van der Waals surface area contributed by atoms with Crippen molar-refractivity contribution in [2.45, 2.75) is 39.2 Å². The second kappa shape index (κ2) is 11.3. The standard InChI is InChI=1S/C25H31N3O4/c1-3-32-24(30)20-13-9-15-28(17-20)23(29)22(16-19-11-5-4-6-12-19)27-25(31)26-21-14-8-7-10-18(21)2/h4-8,10-12,14,20,22H,3,9,13,15-17H2,1-2H3,(H2,26,27,31). The number of hydrogen-bond donors (Lipinski definition) is 2. The summed E-state index contributed by atoms with van der Waals surface area (Å²) in [5.74, 6) is -0.788. The predicted molar refractivity (Wildman–Crippen MR) is 123 cm³/mol. The molecular formula is C25H31N3O4. The van der Waals surface area contributed by atoms with Gasteiger partial charge in [-0.05, 0) is 43.9 Å². The molecule has 2 atom stereocenters. The minimum Gasteiger partial charge on any atom is -0.466 e. The van der Waals surface area contributed by atoms with Gasteiger partial charge in [0.15, 0.2) is 0 Å². The van der Waals surface area contributed by atoms with Crippen molar-refractivity contribution in [3.8, 4) is 0 Å². The average molecular weight is 438 g/mol. The molecule has 32 heavy (non-hydrogen) atoms. The van der Waals surface area contributed by atoms with E-state index in [1.807, 2.05) is 61.5 Å². The lowest BCUT2D eigenvalue weighted by atomic mass is 9.96. The van der Waals surface area contributed by atoms with E-state index in [0.29, 0.717) is 38.2 Å². The van der Waals surface area contributed by atoms with E-state index in [0.717, 1.165) is 17.5 Å². The molecule has 3 rings (SSSR count). The molecule has 170 valence electrons. The fourth-order valence-corrected chi connectivity index (χ4v) is 3.93. The third kappa shape index (κ3) is 6.33. The zero-order valence-corrected chi connectivity index (χ0v) is 18.7. The van der Waals surface area contributed by atoms with Crippen molar-refractivity contribution < 1.29 is 19.1 Å². The van der Waals surface area contributed by atoms with Crippen molar-refractivity contribution >= 4 is 23.6 Å². The Bertz CT molecular complexity index is 932. The Kier molecular flexibility index (Phi) is 8.25. The Labute approximate surface area is 189 Å². The molecule has 1 saturated heterocycles. The minimum atomic E-state index is -0.748. The first-order valence-corrected chi connectivity index (χ1v) is 11.1. The number of ether oxygens (including phenoxy) is 1. The Balaban J connectivity index is 1.73. The first kappa shape index (κ1) is 23.3. The molecule has 1 aliphatic heterocycles. The van der Waals surface area contributed by atoms with Crippen LogP contribution in [0.1, 0.15) is 30.9 Å². The van der Waals surface area contributed by atoms with Crippen LogP contribution >= 0.6 is 0 Å². The minimum absolute atomic E-state index is 0.192. The summed E-state index contributed by atoms with van der Waals surface area (Å²) in [6, 6.07) is 15.9. The van der Waals surface area contributed by atoms with E-state index < -0.39 is 12.1 Å². The summed E-state index contributed by atoms with van der Waals surface area (Å²) >= 11 is 0. The molecule has 3 amide bonds. The second-order valence-corrected chi connectivity index (χ2v) is 8.03. The van der Waals surface area contributed by atoms with Crippen LogP contribution in [-0.2, 0) is 20.7 Å². The molecule has 7 heteroatoms. The number of benzene rings is 2. The number of hydrogen-bond acceptors (Lipinski definition) is 4. The van der Waals surface area contributed by atoms with Crippen molar-refractivity contribution in [1.82, 2.24) is 10.2 Å². The van der Waals surface area contributed by atoms with Gasteiger partial charge in [-0.1, -0.05) is 48.5 Å². The third-order valence-electron chi connectivity index (χ3n) is 5.63. The highest BCUT2D eigenvalue weighted by Gasteiger charge is 2.33. The van der Waals surface area contributed by atoms with Crippen LogP contribution in [0.3, 0.4) is 0 Å². The van der Waals surface area contributed by atoms with Crippen LogP contribution in [0.4, 0.5) is 10.5 Å². The topological polar surface area (TPSA) is 87.7 Å². The molecule has 1 aliphatic rings. The fraction of sp³-hybridized carbons (Fsp3) is 0.400. The molecule has 0 aliphatic carbocycles. The Morgan fingerprint density at radius 2 is 1.81 bits per heavy atom. The van der Waals surface area contributed by atoms with E-state index in [2.05, 4.69) is 10.6 Å². The zero-order chi connectivity index (χ0) is 22.9. The van der Waals surface area contributed by atoms with Crippen molar-refractivity contribution in [3.63, 3.8) is 0 Å². The second-order valence-electron chi connectivity index (χ2n) is 8.03. The SMILES string of the molecule is CCOC(=O)C1CCCN(C(=O)C(Cc2ccccc2)NC(=O)Nc2ccccc2C)C1. The van der Waals surface area contributed by atoms with Crippen LogP contribution in [-0.4, -0.2) is 48.5 Å². The summed E-state index contributed by atoms with van der Waals surface area (Å²) in [5, 5.41) is 5.68. The van der Waals surface area contributed by atoms with E-state index in [9.17, 15) is 14.4 Å². The van der Waals surface area contributed by atoms with Crippen molar-refractivity contribution in [1.29, 1.82) is 0 Å². The molecule has 2 aromatic carbocycles. The molecule has 0 radical (unpaired) electrons. The maximum absolute atomic E-state index is 13.4. The molecule has 2 aromatic rings. The number of anilines is 1. The summed E-state index contributed by atoms with van der Waals surface area (Å²) in [6.45, 7) is 4.87. The van der Waals surface area contributed by atoms with Crippen molar-refractivity contribution in [2.75, 3.05) is 25.0 Å². The quantitative estimate of drug-likeness (QED) is 0.649. The molecule has 2 unspecified atom stereocenters. The summed E-state index contributed by atoms with van der Waals surface area (Å²) in [4.78, 5) is 40.0. The molecule has 7 nitrogen and oxygen atoms in total. The van der Waals surface area contributed by atoms with Gasteiger partial charge in [-0.2, -0.15) is 0 Å². The maximum atomic E-state index is 13.4. The van der Waals surface area contributed by atoms with Crippen molar-refractivity contribution in [3.05, 3.63) is 65.7 Å². The number of likely N-dealkylation sites (tertiary alicyclic amines) is 1. The van der Waals surface area contributed by atoms with Gasteiger partial charge in [0.25, 0.3) is 0 Å². The molecular weight excluding hydrogens is 406 g/mol. The van der Waals surface area contributed by atoms with E-state index in [4.69, 9.17) is 4.74 Å². The van der Waals surface area contributed by atoms with Crippen molar-refractivity contribution in [2.24, 2.45) is 5.92 Å². The molecule has 1 heterocycles. The largest absolute Gasteiger partial charge is 0.466 e. The zero-order valence-electron chi connectivity index (χ0n) is 18.7. The fourth-order valence-electron chi connectivity index (χ4n) is 3.93. The van der Waals surface area contributed by atoms with Crippen LogP contribution in [0.15, 0.2) is 54.6 Å². The number of carbonyl (C=O) groups is 3. The molecule has 2 N–H and O–H groups in total. The van der Waals surface area contributed by atoms with Crippen LogP contribution < -0.4 is 10.6 Å². The number of para-hydroxylation sites is 1. The number of nitrogens with one attached hydrogen (secondary N) is 2. The Morgan fingerprint density at radius 3 is 2.53 bits per heavy atom. The number of piperidine rings is 1. The van der Waals surface area contributed by atoms with Gasteiger partial charge in [0.1, 0.15) is 6.04 Å². The third-order valence-corrected chi connectivity index (χ3v) is 5.63. The van der Waals surface area contributed by atoms with E-state index in [-0.39, 0.29) is 17.8 Å². The monoisotopic (exact) mass is 437 g/mol. The van der Waals surface area contributed by atoms with Gasteiger partial charge in [0, 0.05) is 25.2 Å². The van der Waals surface area contributed by atoms with Gasteiger partial charge >= 0.3 is 12.0 Å². The van der Waals surface area contributed by atoms with Crippen LogP contribution in [0, 0.1) is 12.8 Å². The molecule has 0 bridgehead atoms. The predicted octanol–water partition coefficient (Wildman–Crippen LogP) is 3.53. The average Bonchev–Trinajstić information content (AvgIpc) is 2.80. The van der Waals surface area contributed by atoms with E-state index in [1.165, 1.54) is 0 Å². The Hall–Kier alpha value is -3.35. The molecule has 0 saturated carbocycles. The van der Waals surface area contributed by atoms with Gasteiger partial charge < -0.3 is 20.3 Å². The van der Waals surface area contributed by atoms with E-state index in [1.54, 1.807) is 11.8 Å². The van der Waals surface area contributed by atoms with Gasteiger partial charge in [-0.3, -0.25) is 9.59 Å². The van der Waals surface area contributed by atoms with Gasteiger partial charge in [0.2, 0.25) is 5.91 Å². The van der Waals surface area contributed by atoms with E-state index >= 15 is 0 Å². The van der Waals surface area contributed by atoms with Crippen LogP contribution in [0.2, 0.25) is 0 Å². The van der Waals surface area contributed by atoms with Gasteiger partial charge in [-0.15, -0.1) is 0 Å². The molecule has 1 fully saturated rings. The summed E-state index contributed by atoms with van der Waals surface area (Å²) in [6.07, 6.45) is 1.79. The number of esters is 1. The number of aryl methyl sites for hydroxylation is 1. The maximum Gasteiger partial charge on any atom is 0.319 e. The number of amides is 3. The van der Waals surface area contributed by atoms with Crippen LogP contribution in [0.25, 0.3) is 0 Å². The summed E-state index contributed by atoms with van der Waals surface area (Å²) < 4.78 is 5.15. The lowest BCUT2D eigenvalue weighted by molar-refractivity contribution is -0.151. The van der Waals surface area contributed by atoms with Gasteiger partial charge in [-0.25, -0.2) is 4.79 Å². The number of urea groups is 1. The van der Waals surface area contributed by atoms with Gasteiger partial charge in [0.05, 0.1) is 12.5 Å².